The Hall–Kier alpha value is -2.29. The zero-order valence-corrected chi connectivity index (χ0v) is 16.4. The van der Waals surface area contributed by atoms with Crippen LogP contribution in [0.15, 0.2) is 27.8 Å². The second kappa shape index (κ2) is 7.98. The van der Waals surface area contributed by atoms with Crippen LogP contribution in [0.5, 0.6) is 5.75 Å². The van der Waals surface area contributed by atoms with Crippen LogP contribution < -0.4 is 16.0 Å². The quantitative estimate of drug-likeness (QED) is 0.680. The van der Waals surface area contributed by atoms with Gasteiger partial charge in [-0.15, -0.1) is 0 Å². The smallest absolute Gasteiger partial charge is 0.431 e. The van der Waals surface area contributed by atoms with Gasteiger partial charge in [-0.05, 0) is 25.3 Å². The van der Waals surface area contributed by atoms with Gasteiger partial charge >= 0.3 is 11.9 Å². The molecule has 154 valence electrons. The van der Waals surface area contributed by atoms with Crippen LogP contribution in [0, 0.1) is 11.7 Å². The summed E-state index contributed by atoms with van der Waals surface area (Å²) in [5.74, 6) is -0.730. The number of alkyl halides is 3. The third kappa shape index (κ3) is 4.57. The van der Waals surface area contributed by atoms with Crippen LogP contribution in [0.4, 0.5) is 17.6 Å². The van der Waals surface area contributed by atoms with Crippen LogP contribution in [0.1, 0.15) is 32.9 Å². The molecule has 10 heteroatoms. The highest BCUT2D eigenvalue weighted by Gasteiger charge is 2.35. The molecule has 0 aliphatic rings. The molecule has 28 heavy (non-hydrogen) atoms. The van der Waals surface area contributed by atoms with Gasteiger partial charge in [-0.3, -0.25) is 9.36 Å². The molecule has 2 rings (SSSR count). The summed E-state index contributed by atoms with van der Waals surface area (Å²) in [6, 6.07) is 2.11. The molecular formula is C18H19ClF4N2O3. The average Bonchev–Trinajstić information content (AvgIpc) is 2.53. The lowest BCUT2D eigenvalue weighted by Gasteiger charge is -2.19. The molecule has 0 radical (unpaired) electrons. The highest BCUT2D eigenvalue weighted by Crippen LogP contribution is 2.31. The number of rotatable bonds is 5. The molecule has 0 fully saturated rings. The Balaban J connectivity index is 2.63. The number of halogens is 5. The molecule has 1 heterocycles. The minimum absolute atomic E-state index is 0.0140. The van der Waals surface area contributed by atoms with E-state index in [9.17, 15) is 27.2 Å². The normalized spacial score (nSPS) is 13.1. The first kappa shape index (κ1) is 22.0. The molecule has 0 aliphatic carbocycles. The molecular weight excluding hydrogens is 404 g/mol. The van der Waals surface area contributed by atoms with Crippen LogP contribution in [-0.4, -0.2) is 15.2 Å². The van der Waals surface area contributed by atoms with Crippen LogP contribution >= 0.6 is 11.6 Å². The largest absolute Gasteiger partial charge is 0.489 e. The van der Waals surface area contributed by atoms with Crippen molar-refractivity contribution in [1.29, 1.82) is 0 Å². The predicted octanol–water partition coefficient (Wildman–Crippen LogP) is 4.16. The SMILES string of the molecule is CC(C)CC(C)Oc1cc(-n2c(=O)cc(C(F)(F)F)n(C)c2=O)c(F)cc1Cl. The van der Waals surface area contributed by atoms with Crippen LogP contribution in [0.3, 0.4) is 0 Å². The molecule has 0 N–H and O–H groups in total. The van der Waals surface area contributed by atoms with Crippen LogP contribution in [-0.2, 0) is 13.2 Å². The fourth-order valence-electron chi connectivity index (χ4n) is 2.83. The van der Waals surface area contributed by atoms with Crippen LogP contribution in [0.25, 0.3) is 5.69 Å². The lowest BCUT2D eigenvalue weighted by atomic mass is 10.1. The number of hydrogen-bond donors (Lipinski definition) is 0. The van der Waals surface area contributed by atoms with Gasteiger partial charge in [-0.1, -0.05) is 25.4 Å². The minimum atomic E-state index is -4.91. The molecule has 0 amide bonds. The van der Waals surface area contributed by atoms with Crippen molar-refractivity contribution in [3.05, 3.63) is 55.6 Å². The molecule has 0 spiro atoms. The summed E-state index contributed by atoms with van der Waals surface area (Å²) in [5, 5.41) is -0.0892. The van der Waals surface area contributed by atoms with Gasteiger partial charge in [0.25, 0.3) is 5.56 Å². The summed E-state index contributed by atoms with van der Waals surface area (Å²) < 4.78 is 59.5. The van der Waals surface area contributed by atoms with Gasteiger partial charge in [0, 0.05) is 19.2 Å². The molecule has 1 atom stereocenters. The molecule has 0 aliphatic heterocycles. The minimum Gasteiger partial charge on any atom is -0.489 e. The zero-order chi connectivity index (χ0) is 21.4. The first-order valence-corrected chi connectivity index (χ1v) is 8.77. The van der Waals surface area contributed by atoms with Gasteiger partial charge in [-0.25, -0.2) is 13.8 Å². The zero-order valence-electron chi connectivity index (χ0n) is 15.6. The van der Waals surface area contributed by atoms with Crippen molar-refractivity contribution in [3.63, 3.8) is 0 Å². The van der Waals surface area contributed by atoms with Crippen molar-refractivity contribution < 1.29 is 22.3 Å². The summed E-state index contributed by atoms with van der Waals surface area (Å²) >= 11 is 5.98. The van der Waals surface area contributed by atoms with Crippen molar-refractivity contribution >= 4 is 11.6 Å². The summed E-state index contributed by atoms with van der Waals surface area (Å²) in [7, 11) is 0.844. The van der Waals surface area contributed by atoms with E-state index in [2.05, 4.69) is 0 Å². The molecule has 0 saturated carbocycles. The Bertz CT molecular complexity index is 996. The maximum atomic E-state index is 14.4. The van der Waals surface area contributed by atoms with Crippen LogP contribution in [0.2, 0.25) is 5.02 Å². The maximum Gasteiger partial charge on any atom is 0.431 e. The monoisotopic (exact) mass is 422 g/mol. The Morgan fingerprint density at radius 1 is 1.14 bits per heavy atom. The van der Waals surface area contributed by atoms with E-state index in [0.29, 0.717) is 16.9 Å². The lowest BCUT2D eigenvalue weighted by Crippen LogP contribution is -2.41. The molecule has 2 aromatic rings. The number of ether oxygens (including phenoxy) is 1. The lowest BCUT2D eigenvalue weighted by molar-refractivity contribution is -0.144. The Labute approximate surface area is 163 Å². The van der Waals surface area contributed by atoms with Gasteiger partial charge in [0.1, 0.15) is 17.3 Å². The van der Waals surface area contributed by atoms with E-state index < -0.39 is 34.6 Å². The van der Waals surface area contributed by atoms with Gasteiger partial charge in [0.2, 0.25) is 0 Å². The van der Waals surface area contributed by atoms with Gasteiger partial charge in [0.05, 0.1) is 16.8 Å². The summed E-state index contributed by atoms with van der Waals surface area (Å²) in [6.45, 7) is 5.72. The highest BCUT2D eigenvalue weighted by atomic mass is 35.5. The van der Waals surface area contributed by atoms with Gasteiger partial charge in [-0.2, -0.15) is 13.2 Å². The molecule has 0 bridgehead atoms. The summed E-state index contributed by atoms with van der Waals surface area (Å²) in [5.41, 5.74) is -4.65. The number of nitrogens with zero attached hydrogens (tertiary/aromatic N) is 2. The Morgan fingerprint density at radius 3 is 2.29 bits per heavy atom. The summed E-state index contributed by atoms with van der Waals surface area (Å²) in [6.07, 6.45) is -4.56. The number of hydrogen-bond acceptors (Lipinski definition) is 3. The first-order valence-electron chi connectivity index (χ1n) is 8.39. The third-order valence-corrected chi connectivity index (χ3v) is 4.28. The van der Waals surface area contributed by atoms with E-state index in [4.69, 9.17) is 16.3 Å². The molecule has 0 saturated heterocycles. The Kier molecular flexibility index (Phi) is 6.27. The topological polar surface area (TPSA) is 53.2 Å². The van der Waals surface area contributed by atoms with Gasteiger partial charge < -0.3 is 4.74 Å². The standard InChI is InChI=1S/C18H19ClF4N2O3/c1-9(2)5-10(3)28-14-7-13(12(20)6-11(14)19)25-16(26)8-15(18(21,22)23)24(4)17(25)27/h6-10H,5H2,1-4H3. The fourth-order valence-corrected chi connectivity index (χ4v) is 3.02. The average molecular weight is 423 g/mol. The highest BCUT2D eigenvalue weighted by molar-refractivity contribution is 6.32. The second-order valence-corrected chi connectivity index (χ2v) is 7.24. The van der Waals surface area contributed by atoms with Crippen molar-refractivity contribution in [2.75, 3.05) is 0 Å². The Morgan fingerprint density at radius 2 is 1.75 bits per heavy atom. The molecule has 5 nitrogen and oxygen atoms in total. The second-order valence-electron chi connectivity index (χ2n) is 6.83. The molecule has 1 unspecified atom stereocenters. The van der Waals surface area contributed by atoms with Crippen molar-refractivity contribution in [2.45, 2.75) is 39.5 Å². The number of aromatic nitrogens is 2. The van der Waals surface area contributed by atoms with Crippen molar-refractivity contribution in [3.8, 4) is 11.4 Å². The van der Waals surface area contributed by atoms with E-state index in [-0.39, 0.29) is 27.5 Å². The fraction of sp³-hybridized carbons (Fsp3) is 0.444. The van der Waals surface area contributed by atoms with E-state index in [1.807, 2.05) is 13.8 Å². The maximum absolute atomic E-state index is 14.4. The van der Waals surface area contributed by atoms with Gasteiger partial charge in [0.15, 0.2) is 0 Å². The van der Waals surface area contributed by atoms with E-state index in [1.54, 1.807) is 6.92 Å². The third-order valence-electron chi connectivity index (χ3n) is 3.98. The summed E-state index contributed by atoms with van der Waals surface area (Å²) in [4.78, 5) is 24.5. The molecule has 1 aromatic heterocycles. The predicted molar refractivity (Wildman–Crippen MR) is 96.8 cm³/mol. The van der Waals surface area contributed by atoms with Crippen molar-refractivity contribution in [2.24, 2.45) is 13.0 Å². The molecule has 1 aromatic carbocycles. The van der Waals surface area contributed by atoms with Crippen molar-refractivity contribution in [1.82, 2.24) is 9.13 Å². The van der Waals surface area contributed by atoms with E-state index in [1.165, 1.54) is 0 Å². The van der Waals surface area contributed by atoms with E-state index in [0.717, 1.165) is 19.2 Å². The van der Waals surface area contributed by atoms with E-state index >= 15 is 0 Å². The first-order chi connectivity index (χ1) is 12.8. The number of benzene rings is 1.